The van der Waals surface area contributed by atoms with Crippen molar-refractivity contribution >= 4 is 16.8 Å². The van der Waals surface area contributed by atoms with Crippen LogP contribution in [-0.2, 0) is 0 Å². The summed E-state index contributed by atoms with van der Waals surface area (Å²) in [7, 11) is 2.04. The molecule has 0 atom stereocenters. The molecule has 5 heteroatoms. The van der Waals surface area contributed by atoms with Crippen molar-refractivity contribution in [3.63, 3.8) is 0 Å². The average molecular weight is 273 g/mol. The van der Waals surface area contributed by atoms with Crippen molar-refractivity contribution in [2.24, 2.45) is 0 Å². The number of aromatic nitrogens is 1. The van der Waals surface area contributed by atoms with Gasteiger partial charge in [0, 0.05) is 37.8 Å². The van der Waals surface area contributed by atoms with Gasteiger partial charge in [0.25, 0.3) is 5.91 Å². The van der Waals surface area contributed by atoms with Gasteiger partial charge in [-0.25, -0.2) is 4.39 Å². The van der Waals surface area contributed by atoms with E-state index in [1.165, 1.54) is 12.1 Å². The Morgan fingerprint density at radius 1 is 1.20 bits per heavy atom. The van der Waals surface area contributed by atoms with Crippen molar-refractivity contribution in [2.75, 3.05) is 33.2 Å². The van der Waals surface area contributed by atoms with Gasteiger partial charge in [-0.1, -0.05) is 0 Å². The molecule has 0 bridgehead atoms. The predicted octanol–water partition coefficient (Wildman–Crippen LogP) is 1.76. The minimum atomic E-state index is -0.316. The molecule has 4 nitrogen and oxygen atoms in total. The molecule has 1 aromatic heterocycles. The Bertz CT molecular complexity index is 651. The lowest BCUT2D eigenvalue weighted by molar-refractivity contribution is 0.0664. The third-order valence-electron chi connectivity index (χ3n) is 3.68. The lowest BCUT2D eigenvalue weighted by Gasteiger charge is -2.32. The van der Waals surface area contributed by atoms with Crippen LogP contribution in [0.2, 0.25) is 0 Å². The van der Waals surface area contributed by atoms with Gasteiger partial charge in [-0.3, -0.25) is 9.78 Å². The molecule has 0 unspecified atom stereocenters. The highest BCUT2D eigenvalue weighted by Gasteiger charge is 2.20. The lowest BCUT2D eigenvalue weighted by atomic mass is 10.1. The number of likely N-dealkylation sites (N-methyl/N-ethyl adjacent to an activating group) is 1. The second kappa shape index (κ2) is 5.17. The van der Waals surface area contributed by atoms with Crippen molar-refractivity contribution in [1.82, 2.24) is 14.8 Å². The van der Waals surface area contributed by atoms with Crippen molar-refractivity contribution in [3.05, 3.63) is 41.8 Å². The van der Waals surface area contributed by atoms with Crippen molar-refractivity contribution in [3.8, 4) is 0 Å². The average Bonchev–Trinajstić information content (AvgIpc) is 2.46. The SMILES string of the molecule is CN1CCN(C(=O)c2cnc3ccc(F)cc3c2)CC1. The molecule has 20 heavy (non-hydrogen) atoms. The fraction of sp³-hybridized carbons (Fsp3) is 0.333. The van der Waals surface area contributed by atoms with E-state index >= 15 is 0 Å². The molecule has 0 radical (unpaired) electrons. The van der Waals surface area contributed by atoms with E-state index in [0.717, 1.165) is 26.2 Å². The number of carbonyl (C=O) groups is 1. The summed E-state index contributed by atoms with van der Waals surface area (Å²) in [5, 5.41) is 0.657. The standard InChI is InChI=1S/C15H16FN3O/c1-18-4-6-19(7-5-18)15(20)12-8-11-9-13(16)2-3-14(11)17-10-12/h2-3,8-10H,4-7H2,1H3. The molecule has 2 aromatic rings. The number of pyridine rings is 1. The van der Waals surface area contributed by atoms with E-state index in [4.69, 9.17) is 0 Å². The summed E-state index contributed by atoms with van der Waals surface area (Å²) < 4.78 is 13.2. The molecule has 104 valence electrons. The molecular weight excluding hydrogens is 257 g/mol. The van der Waals surface area contributed by atoms with Crippen LogP contribution in [0.4, 0.5) is 4.39 Å². The lowest BCUT2D eigenvalue weighted by Crippen LogP contribution is -2.47. The molecule has 0 N–H and O–H groups in total. The molecule has 1 saturated heterocycles. The van der Waals surface area contributed by atoms with Gasteiger partial charge < -0.3 is 9.80 Å². The first-order valence-corrected chi connectivity index (χ1v) is 6.66. The molecule has 1 aliphatic heterocycles. The van der Waals surface area contributed by atoms with Crippen LogP contribution in [-0.4, -0.2) is 53.9 Å². The monoisotopic (exact) mass is 273 g/mol. The number of amides is 1. The third-order valence-corrected chi connectivity index (χ3v) is 3.68. The number of piperazine rings is 1. The first-order chi connectivity index (χ1) is 9.63. The summed E-state index contributed by atoms with van der Waals surface area (Å²) in [5.74, 6) is -0.347. The number of rotatable bonds is 1. The van der Waals surface area contributed by atoms with Gasteiger partial charge in [0.1, 0.15) is 5.82 Å². The fourth-order valence-corrected chi connectivity index (χ4v) is 2.41. The maximum atomic E-state index is 13.2. The van der Waals surface area contributed by atoms with E-state index < -0.39 is 0 Å². The Morgan fingerprint density at radius 2 is 1.95 bits per heavy atom. The number of halogens is 1. The van der Waals surface area contributed by atoms with E-state index in [1.54, 1.807) is 18.3 Å². The van der Waals surface area contributed by atoms with Gasteiger partial charge in [-0.2, -0.15) is 0 Å². The molecule has 1 fully saturated rings. The highest BCUT2D eigenvalue weighted by molar-refractivity contribution is 5.97. The first-order valence-electron chi connectivity index (χ1n) is 6.66. The highest BCUT2D eigenvalue weighted by atomic mass is 19.1. The second-order valence-electron chi connectivity index (χ2n) is 5.16. The molecule has 0 aliphatic carbocycles. The van der Waals surface area contributed by atoms with Gasteiger partial charge in [0.15, 0.2) is 0 Å². The van der Waals surface area contributed by atoms with E-state index in [9.17, 15) is 9.18 Å². The van der Waals surface area contributed by atoms with E-state index in [2.05, 4.69) is 9.88 Å². The van der Waals surface area contributed by atoms with Gasteiger partial charge in [0.2, 0.25) is 0 Å². The highest BCUT2D eigenvalue weighted by Crippen LogP contribution is 2.16. The normalized spacial score (nSPS) is 16.6. The number of hydrogen-bond donors (Lipinski definition) is 0. The summed E-state index contributed by atoms with van der Waals surface area (Å²) in [6.45, 7) is 3.19. The zero-order chi connectivity index (χ0) is 14.1. The number of carbonyl (C=O) groups excluding carboxylic acids is 1. The maximum Gasteiger partial charge on any atom is 0.255 e. The molecule has 3 rings (SSSR count). The van der Waals surface area contributed by atoms with Crippen molar-refractivity contribution in [1.29, 1.82) is 0 Å². The molecule has 1 aliphatic rings. The number of fused-ring (bicyclic) bond motifs is 1. The van der Waals surface area contributed by atoms with Crippen LogP contribution in [0.5, 0.6) is 0 Å². The largest absolute Gasteiger partial charge is 0.336 e. The van der Waals surface area contributed by atoms with Gasteiger partial charge >= 0.3 is 0 Å². The Morgan fingerprint density at radius 3 is 2.70 bits per heavy atom. The summed E-state index contributed by atoms with van der Waals surface area (Å²) in [5.41, 5.74) is 1.22. The molecule has 0 spiro atoms. The molecular formula is C15H16FN3O. The van der Waals surface area contributed by atoms with Crippen molar-refractivity contribution < 1.29 is 9.18 Å². The van der Waals surface area contributed by atoms with Gasteiger partial charge in [0.05, 0.1) is 11.1 Å². The van der Waals surface area contributed by atoms with Crippen LogP contribution in [0.1, 0.15) is 10.4 Å². The topological polar surface area (TPSA) is 36.4 Å². The zero-order valence-electron chi connectivity index (χ0n) is 11.3. The molecule has 1 aromatic carbocycles. The van der Waals surface area contributed by atoms with Crippen LogP contribution in [0.25, 0.3) is 10.9 Å². The van der Waals surface area contributed by atoms with Crippen LogP contribution in [0.3, 0.4) is 0 Å². The minimum Gasteiger partial charge on any atom is -0.336 e. The predicted molar refractivity (Wildman–Crippen MR) is 75.1 cm³/mol. The molecule has 1 amide bonds. The van der Waals surface area contributed by atoms with Gasteiger partial charge in [-0.15, -0.1) is 0 Å². The zero-order valence-corrected chi connectivity index (χ0v) is 11.3. The smallest absolute Gasteiger partial charge is 0.255 e. The van der Waals surface area contributed by atoms with Gasteiger partial charge in [-0.05, 0) is 31.3 Å². The summed E-state index contributed by atoms with van der Waals surface area (Å²) in [4.78, 5) is 20.7. The Labute approximate surface area is 116 Å². The van der Waals surface area contributed by atoms with Crippen LogP contribution >= 0.6 is 0 Å². The maximum absolute atomic E-state index is 13.2. The third kappa shape index (κ3) is 2.49. The van der Waals surface area contributed by atoms with Crippen LogP contribution in [0.15, 0.2) is 30.5 Å². The summed E-state index contributed by atoms with van der Waals surface area (Å²) in [6.07, 6.45) is 1.57. The second-order valence-corrected chi connectivity index (χ2v) is 5.16. The number of hydrogen-bond acceptors (Lipinski definition) is 3. The Kier molecular flexibility index (Phi) is 3.36. The van der Waals surface area contributed by atoms with E-state index in [-0.39, 0.29) is 11.7 Å². The summed E-state index contributed by atoms with van der Waals surface area (Å²) in [6, 6.07) is 6.11. The van der Waals surface area contributed by atoms with E-state index in [1.807, 2.05) is 11.9 Å². The Balaban J connectivity index is 1.87. The number of benzene rings is 1. The first kappa shape index (κ1) is 13.0. The fourth-order valence-electron chi connectivity index (χ4n) is 2.41. The molecule has 0 saturated carbocycles. The van der Waals surface area contributed by atoms with Crippen LogP contribution < -0.4 is 0 Å². The van der Waals surface area contributed by atoms with Crippen LogP contribution in [0, 0.1) is 5.82 Å². The Hall–Kier alpha value is -2.01. The van der Waals surface area contributed by atoms with Crippen molar-refractivity contribution in [2.45, 2.75) is 0 Å². The van der Waals surface area contributed by atoms with E-state index in [0.29, 0.717) is 16.5 Å². The quantitative estimate of drug-likeness (QED) is 0.794. The summed E-state index contributed by atoms with van der Waals surface area (Å²) >= 11 is 0. The molecule has 2 heterocycles. The minimum absolute atomic E-state index is 0.0308. The number of nitrogens with zero attached hydrogens (tertiary/aromatic N) is 3.